The van der Waals surface area contributed by atoms with E-state index in [1.165, 1.54) is 12.1 Å². The molecule has 6 heteroatoms. The van der Waals surface area contributed by atoms with E-state index in [0.717, 1.165) is 29.1 Å². The van der Waals surface area contributed by atoms with Crippen molar-refractivity contribution in [3.05, 3.63) is 53.3 Å². The van der Waals surface area contributed by atoms with E-state index in [4.69, 9.17) is 4.74 Å². The third-order valence-electron chi connectivity index (χ3n) is 4.26. The Morgan fingerprint density at radius 1 is 1.29 bits per heavy atom. The molecule has 4 rings (SSSR count). The van der Waals surface area contributed by atoms with Gasteiger partial charge >= 0.3 is 0 Å². The highest BCUT2D eigenvalue weighted by molar-refractivity contribution is 8.00. The van der Waals surface area contributed by atoms with Gasteiger partial charge in [0.2, 0.25) is 5.91 Å². The molecule has 0 radical (unpaired) electrons. The summed E-state index contributed by atoms with van der Waals surface area (Å²) in [7, 11) is 0. The van der Waals surface area contributed by atoms with E-state index in [2.05, 4.69) is 5.32 Å². The number of hydrogen-bond donors (Lipinski definition) is 1. The fourth-order valence-corrected chi connectivity index (χ4v) is 4.24. The third kappa shape index (κ3) is 2.60. The number of thioether (sulfide) groups is 1. The van der Waals surface area contributed by atoms with Crippen LogP contribution in [0, 0.1) is 12.7 Å². The zero-order valence-electron chi connectivity index (χ0n) is 13.2. The van der Waals surface area contributed by atoms with E-state index in [0.29, 0.717) is 18.0 Å². The standard InChI is InChI=1S/C18H17FN2O2S/c1-11-2-4-13(19)9-15(11)21-17(22)10-24-18(21)12-3-5-14-16(8-12)23-7-6-20-14/h2-5,8-9,18,20H,6-7,10H2,1H3. The SMILES string of the molecule is Cc1ccc(F)cc1N1C(=O)CSC1c1ccc2c(c1)OCCN2. The van der Waals surface area contributed by atoms with Gasteiger partial charge in [0.25, 0.3) is 0 Å². The fraction of sp³-hybridized carbons (Fsp3) is 0.278. The Kier molecular flexibility index (Phi) is 3.84. The predicted octanol–water partition coefficient (Wildman–Crippen LogP) is 3.72. The lowest BCUT2D eigenvalue weighted by molar-refractivity contribution is -0.115. The number of nitrogens with one attached hydrogen (secondary N) is 1. The van der Waals surface area contributed by atoms with Crippen LogP contribution in [0.15, 0.2) is 36.4 Å². The van der Waals surface area contributed by atoms with Gasteiger partial charge in [-0.1, -0.05) is 12.1 Å². The highest BCUT2D eigenvalue weighted by Crippen LogP contribution is 2.44. The molecule has 1 amide bonds. The van der Waals surface area contributed by atoms with E-state index >= 15 is 0 Å². The van der Waals surface area contributed by atoms with Crippen LogP contribution >= 0.6 is 11.8 Å². The number of ether oxygens (including phenoxy) is 1. The molecule has 0 aliphatic carbocycles. The van der Waals surface area contributed by atoms with E-state index < -0.39 is 0 Å². The summed E-state index contributed by atoms with van der Waals surface area (Å²) in [5, 5.41) is 3.11. The number of halogens is 1. The lowest BCUT2D eigenvalue weighted by Gasteiger charge is -2.27. The number of fused-ring (bicyclic) bond motifs is 1. The van der Waals surface area contributed by atoms with Crippen LogP contribution in [-0.2, 0) is 4.79 Å². The van der Waals surface area contributed by atoms with Gasteiger partial charge in [-0.05, 0) is 42.3 Å². The van der Waals surface area contributed by atoms with Crippen molar-refractivity contribution in [2.24, 2.45) is 0 Å². The Bertz CT molecular complexity index is 812. The van der Waals surface area contributed by atoms with Crippen LogP contribution in [0.2, 0.25) is 0 Å². The van der Waals surface area contributed by atoms with E-state index in [9.17, 15) is 9.18 Å². The summed E-state index contributed by atoms with van der Waals surface area (Å²) in [6, 6.07) is 10.5. The second-order valence-electron chi connectivity index (χ2n) is 5.89. The highest BCUT2D eigenvalue weighted by Gasteiger charge is 2.35. The van der Waals surface area contributed by atoms with Gasteiger partial charge in [-0.15, -0.1) is 11.8 Å². The molecule has 1 N–H and O–H groups in total. The van der Waals surface area contributed by atoms with Crippen molar-refractivity contribution in [2.45, 2.75) is 12.3 Å². The molecule has 1 unspecified atom stereocenters. The van der Waals surface area contributed by atoms with Crippen LogP contribution in [0.5, 0.6) is 5.75 Å². The molecular weight excluding hydrogens is 327 g/mol. The van der Waals surface area contributed by atoms with E-state index in [1.54, 1.807) is 22.7 Å². The molecule has 124 valence electrons. The van der Waals surface area contributed by atoms with Gasteiger partial charge in [0, 0.05) is 6.54 Å². The Morgan fingerprint density at radius 2 is 2.17 bits per heavy atom. The Labute approximate surface area is 144 Å². The van der Waals surface area contributed by atoms with Gasteiger partial charge in [-0.25, -0.2) is 4.39 Å². The summed E-state index contributed by atoms with van der Waals surface area (Å²) in [6.07, 6.45) is 0. The number of hydrogen-bond acceptors (Lipinski definition) is 4. The maximum atomic E-state index is 13.7. The number of aryl methyl sites for hydroxylation is 1. The van der Waals surface area contributed by atoms with Gasteiger partial charge in [0.1, 0.15) is 23.5 Å². The van der Waals surface area contributed by atoms with Crippen LogP contribution < -0.4 is 15.0 Å². The predicted molar refractivity (Wildman–Crippen MR) is 94.2 cm³/mol. The average Bonchev–Trinajstić information content (AvgIpc) is 2.98. The van der Waals surface area contributed by atoms with Crippen LogP contribution in [0.25, 0.3) is 0 Å². The number of amides is 1. The first-order valence-electron chi connectivity index (χ1n) is 7.84. The van der Waals surface area contributed by atoms with Gasteiger partial charge in [-0.2, -0.15) is 0 Å². The quantitative estimate of drug-likeness (QED) is 0.902. The number of benzene rings is 2. The molecule has 0 bridgehead atoms. The van der Waals surface area contributed by atoms with Crippen LogP contribution in [0.1, 0.15) is 16.5 Å². The Balaban J connectivity index is 1.74. The van der Waals surface area contributed by atoms with Crippen molar-refractivity contribution in [1.82, 2.24) is 0 Å². The van der Waals surface area contributed by atoms with Gasteiger partial charge < -0.3 is 10.1 Å². The summed E-state index contributed by atoms with van der Waals surface area (Å²) in [5.74, 6) is 0.846. The molecule has 2 aromatic carbocycles. The second-order valence-corrected chi connectivity index (χ2v) is 6.96. The molecule has 0 saturated carbocycles. The Morgan fingerprint density at radius 3 is 3.04 bits per heavy atom. The number of carbonyl (C=O) groups excluding carboxylic acids is 1. The minimum absolute atomic E-state index is 0.00420. The molecule has 0 aromatic heterocycles. The zero-order valence-corrected chi connectivity index (χ0v) is 14.0. The Hall–Kier alpha value is -2.21. The van der Waals surface area contributed by atoms with Crippen LogP contribution in [0.3, 0.4) is 0 Å². The summed E-state index contributed by atoms with van der Waals surface area (Å²) in [5.41, 5.74) is 3.46. The average molecular weight is 344 g/mol. The summed E-state index contributed by atoms with van der Waals surface area (Å²) in [4.78, 5) is 14.1. The minimum Gasteiger partial charge on any atom is -0.490 e. The number of anilines is 2. The van der Waals surface area contributed by atoms with Gasteiger partial charge in [-0.3, -0.25) is 9.69 Å². The van der Waals surface area contributed by atoms with Crippen LogP contribution in [-0.4, -0.2) is 24.8 Å². The smallest absolute Gasteiger partial charge is 0.238 e. The van der Waals surface area contributed by atoms with Crippen molar-refractivity contribution >= 4 is 29.0 Å². The van der Waals surface area contributed by atoms with Crippen molar-refractivity contribution in [3.8, 4) is 5.75 Å². The van der Waals surface area contributed by atoms with Gasteiger partial charge in [0.05, 0.1) is 17.1 Å². The lowest BCUT2D eigenvalue weighted by Crippen LogP contribution is -2.28. The molecule has 1 fully saturated rings. The topological polar surface area (TPSA) is 41.6 Å². The summed E-state index contributed by atoms with van der Waals surface area (Å²) < 4.78 is 19.4. The maximum absolute atomic E-state index is 13.7. The maximum Gasteiger partial charge on any atom is 0.238 e. The van der Waals surface area contributed by atoms with Crippen LogP contribution in [0.4, 0.5) is 15.8 Å². The molecular formula is C18H17FN2O2S. The first-order chi connectivity index (χ1) is 11.6. The van der Waals surface area contributed by atoms with E-state index in [-0.39, 0.29) is 17.1 Å². The first-order valence-corrected chi connectivity index (χ1v) is 8.89. The minimum atomic E-state index is -0.336. The normalized spacial score (nSPS) is 19.7. The largest absolute Gasteiger partial charge is 0.490 e. The molecule has 2 aliphatic heterocycles. The van der Waals surface area contributed by atoms with Crippen molar-refractivity contribution in [3.63, 3.8) is 0 Å². The number of rotatable bonds is 2. The molecule has 2 heterocycles. The number of carbonyl (C=O) groups is 1. The van der Waals surface area contributed by atoms with Crippen molar-refractivity contribution < 1.29 is 13.9 Å². The third-order valence-corrected chi connectivity index (χ3v) is 5.48. The first kappa shape index (κ1) is 15.3. The second kappa shape index (κ2) is 6.02. The molecule has 0 spiro atoms. The lowest BCUT2D eigenvalue weighted by atomic mass is 10.1. The summed E-state index contributed by atoms with van der Waals surface area (Å²) in [6.45, 7) is 3.31. The molecule has 4 nitrogen and oxygen atoms in total. The monoisotopic (exact) mass is 344 g/mol. The zero-order chi connectivity index (χ0) is 16.7. The van der Waals surface area contributed by atoms with E-state index in [1.807, 2.05) is 25.1 Å². The molecule has 1 atom stereocenters. The molecule has 24 heavy (non-hydrogen) atoms. The number of nitrogens with zero attached hydrogens (tertiary/aromatic N) is 1. The molecule has 2 aromatic rings. The fourth-order valence-electron chi connectivity index (χ4n) is 3.08. The molecule has 1 saturated heterocycles. The summed E-state index contributed by atoms with van der Waals surface area (Å²) >= 11 is 1.55. The van der Waals surface area contributed by atoms with Crippen molar-refractivity contribution in [1.29, 1.82) is 0 Å². The highest BCUT2D eigenvalue weighted by atomic mass is 32.2. The van der Waals surface area contributed by atoms with Crippen molar-refractivity contribution in [2.75, 3.05) is 29.1 Å². The van der Waals surface area contributed by atoms with Gasteiger partial charge in [0.15, 0.2) is 0 Å². The molecule has 2 aliphatic rings.